The lowest BCUT2D eigenvalue weighted by Crippen LogP contribution is -2.28. The molecule has 2 aromatic heterocycles. The third-order valence-corrected chi connectivity index (χ3v) is 6.31. The van der Waals surface area contributed by atoms with Crippen LogP contribution in [0.1, 0.15) is 23.6 Å². The molecule has 30 heavy (non-hydrogen) atoms. The van der Waals surface area contributed by atoms with Gasteiger partial charge in [0.2, 0.25) is 5.91 Å². The first-order valence-corrected chi connectivity index (χ1v) is 10.8. The summed E-state index contributed by atoms with van der Waals surface area (Å²) in [5, 5.41) is 5.42. The van der Waals surface area contributed by atoms with Gasteiger partial charge in [-0.3, -0.25) is 14.2 Å². The van der Waals surface area contributed by atoms with E-state index in [4.69, 9.17) is 0 Å². The molecule has 1 amide bonds. The van der Waals surface area contributed by atoms with E-state index in [1.807, 2.05) is 49.6 Å². The number of amides is 1. The van der Waals surface area contributed by atoms with Crippen molar-refractivity contribution in [3.8, 4) is 11.1 Å². The molecule has 2 heterocycles. The van der Waals surface area contributed by atoms with Gasteiger partial charge in [-0.2, -0.15) is 0 Å². The monoisotopic (exact) mass is 417 g/mol. The minimum atomic E-state index is -0.254. The number of carbonyl (C=O) groups excluding carboxylic acids is 1. The normalized spacial score (nSPS) is 11.0. The van der Waals surface area contributed by atoms with Gasteiger partial charge in [0.1, 0.15) is 11.4 Å². The topological polar surface area (TPSA) is 64.0 Å². The molecular formula is C24H23N3O2S. The number of nitrogens with one attached hydrogen (secondary N) is 1. The maximum Gasteiger partial charge on any atom is 0.263 e. The smallest absolute Gasteiger partial charge is 0.263 e. The lowest BCUT2D eigenvalue weighted by atomic mass is 10.0. The van der Waals surface area contributed by atoms with Gasteiger partial charge in [0.15, 0.2) is 0 Å². The van der Waals surface area contributed by atoms with Crippen LogP contribution in [-0.4, -0.2) is 15.5 Å². The van der Waals surface area contributed by atoms with Crippen LogP contribution in [0.15, 0.2) is 59.0 Å². The molecule has 0 saturated heterocycles. The number of rotatable bonds is 5. The summed E-state index contributed by atoms with van der Waals surface area (Å²) in [5.41, 5.74) is 5.76. The zero-order chi connectivity index (χ0) is 21.3. The van der Waals surface area contributed by atoms with Gasteiger partial charge in [-0.15, -0.1) is 11.3 Å². The van der Waals surface area contributed by atoms with Crippen LogP contribution in [0, 0.1) is 13.8 Å². The number of aryl methyl sites for hydroxylation is 2. The van der Waals surface area contributed by atoms with Gasteiger partial charge >= 0.3 is 0 Å². The maximum atomic E-state index is 13.2. The molecule has 0 fully saturated rings. The summed E-state index contributed by atoms with van der Waals surface area (Å²) in [6.45, 7) is 5.99. The molecule has 6 heteroatoms. The van der Waals surface area contributed by atoms with Crippen LogP contribution >= 0.6 is 11.3 Å². The Morgan fingerprint density at radius 2 is 1.90 bits per heavy atom. The van der Waals surface area contributed by atoms with Gasteiger partial charge < -0.3 is 5.32 Å². The lowest BCUT2D eigenvalue weighted by Gasteiger charge is -2.11. The van der Waals surface area contributed by atoms with E-state index < -0.39 is 0 Å². The third-order valence-electron chi connectivity index (χ3n) is 5.43. The van der Waals surface area contributed by atoms with Crippen LogP contribution in [0.4, 0.5) is 5.69 Å². The Kier molecular flexibility index (Phi) is 5.50. The number of thiophene rings is 1. The van der Waals surface area contributed by atoms with Crippen molar-refractivity contribution in [2.45, 2.75) is 33.7 Å². The van der Waals surface area contributed by atoms with E-state index in [2.05, 4.69) is 29.4 Å². The molecule has 152 valence electrons. The van der Waals surface area contributed by atoms with E-state index in [-0.39, 0.29) is 18.0 Å². The summed E-state index contributed by atoms with van der Waals surface area (Å²) >= 11 is 1.44. The van der Waals surface area contributed by atoms with Crippen molar-refractivity contribution < 1.29 is 4.79 Å². The molecule has 0 bridgehead atoms. The average Bonchev–Trinajstić information content (AvgIpc) is 3.18. The summed E-state index contributed by atoms with van der Waals surface area (Å²) in [5.74, 6) is -0.254. The molecule has 0 saturated carbocycles. The van der Waals surface area contributed by atoms with E-state index in [0.29, 0.717) is 10.2 Å². The standard InChI is InChI=1S/C24H23N3O2S/c1-4-17-8-10-18(11-9-17)19-13-30-23-22(19)24(29)27(14-25-23)12-21(28)26-20-7-5-6-15(2)16(20)3/h5-11,13-14H,4,12H2,1-3H3,(H,26,28). The molecule has 0 aliphatic heterocycles. The first kappa shape index (κ1) is 20.0. The predicted octanol–water partition coefficient (Wildman–Crippen LogP) is 4.94. The molecule has 5 nitrogen and oxygen atoms in total. The molecule has 2 aromatic carbocycles. The number of nitrogens with zero attached hydrogens (tertiary/aromatic N) is 2. The molecule has 0 spiro atoms. The van der Waals surface area contributed by atoms with Crippen LogP contribution in [0.5, 0.6) is 0 Å². The number of hydrogen-bond donors (Lipinski definition) is 1. The highest BCUT2D eigenvalue weighted by molar-refractivity contribution is 7.17. The fourth-order valence-electron chi connectivity index (χ4n) is 3.44. The number of aromatic nitrogens is 2. The Balaban J connectivity index is 1.65. The first-order valence-electron chi connectivity index (χ1n) is 9.90. The van der Waals surface area contributed by atoms with Crippen LogP contribution < -0.4 is 10.9 Å². The Hall–Kier alpha value is -3.25. The SMILES string of the molecule is CCc1ccc(-c2csc3ncn(CC(=O)Nc4cccc(C)c4C)c(=O)c23)cc1. The fraction of sp³-hybridized carbons (Fsp3) is 0.208. The summed E-state index contributed by atoms with van der Waals surface area (Å²) in [6, 6.07) is 14.0. The van der Waals surface area contributed by atoms with Gasteiger partial charge in [-0.25, -0.2) is 4.98 Å². The van der Waals surface area contributed by atoms with Crippen molar-refractivity contribution in [2.24, 2.45) is 0 Å². The first-order chi connectivity index (χ1) is 14.5. The van der Waals surface area contributed by atoms with Crippen molar-refractivity contribution in [1.29, 1.82) is 0 Å². The van der Waals surface area contributed by atoms with Crippen LogP contribution in [0.25, 0.3) is 21.3 Å². The number of fused-ring (bicyclic) bond motifs is 1. The Labute approximate surface area is 179 Å². The highest BCUT2D eigenvalue weighted by Gasteiger charge is 2.15. The minimum Gasteiger partial charge on any atom is -0.324 e. The van der Waals surface area contributed by atoms with Gasteiger partial charge in [-0.05, 0) is 48.6 Å². The highest BCUT2D eigenvalue weighted by atomic mass is 32.1. The van der Waals surface area contributed by atoms with Crippen LogP contribution in [-0.2, 0) is 17.8 Å². The fourth-order valence-corrected chi connectivity index (χ4v) is 4.35. The van der Waals surface area contributed by atoms with E-state index in [1.165, 1.54) is 27.8 Å². The summed E-state index contributed by atoms with van der Waals surface area (Å²) in [7, 11) is 0. The zero-order valence-electron chi connectivity index (χ0n) is 17.2. The Morgan fingerprint density at radius 1 is 1.13 bits per heavy atom. The molecule has 0 radical (unpaired) electrons. The summed E-state index contributed by atoms with van der Waals surface area (Å²) < 4.78 is 1.37. The molecule has 1 N–H and O–H groups in total. The number of benzene rings is 2. The predicted molar refractivity (Wildman–Crippen MR) is 123 cm³/mol. The van der Waals surface area contributed by atoms with Crippen molar-refractivity contribution in [3.05, 3.63) is 81.2 Å². The van der Waals surface area contributed by atoms with Crippen molar-refractivity contribution in [3.63, 3.8) is 0 Å². The number of carbonyl (C=O) groups is 1. The van der Waals surface area contributed by atoms with Crippen LogP contribution in [0.2, 0.25) is 0 Å². The minimum absolute atomic E-state index is 0.0841. The summed E-state index contributed by atoms with van der Waals surface area (Å²) in [6.07, 6.45) is 2.42. The van der Waals surface area contributed by atoms with E-state index in [9.17, 15) is 9.59 Å². The van der Waals surface area contributed by atoms with Crippen LogP contribution in [0.3, 0.4) is 0 Å². The molecular weight excluding hydrogens is 394 g/mol. The molecule has 4 rings (SSSR count). The van der Waals surface area contributed by atoms with Crippen molar-refractivity contribution in [1.82, 2.24) is 9.55 Å². The third kappa shape index (κ3) is 3.78. The van der Waals surface area contributed by atoms with E-state index in [0.717, 1.165) is 34.4 Å². The second-order valence-corrected chi connectivity index (χ2v) is 8.21. The molecule has 0 aliphatic rings. The van der Waals surface area contributed by atoms with Gasteiger partial charge in [0.25, 0.3) is 5.56 Å². The maximum absolute atomic E-state index is 13.2. The van der Waals surface area contributed by atoms with Crippen molar-refractivity contribution in [2.75, 3.05) is 5.32 Å². The van der Waals surface area contributed by atoms with Crippen molar-refractivity contribution >= 4 is 33.1 Å². The number of anilines is 1. The Bertz CT molecular complexity index is 1290. The van der Waals surface area contributed by atoms with E-state index in [1.54, 1.807) is 0 Å². The second kappa shape index (κ2) is 8.24. The lowest BCUT2D eigenvalue weighted by molar-refractivity contribution is -0.116. The number of hydrogen-bond acceptors (Lipinski definition) is 4. The quantitative estimate of drug-likeness (QED) is 0.500. The zero-order valence-corrected chi connectivity index (χ0v) is 18.0. The molecule has 0 atom stereocenters. The van der Waals surface area contributed by atoms with Gasteiger partial charge in [0, 0.05) is 16.6 Å². The molecule has 0 aliphatic carbocycles. The molecule has 0 unspecified atom stereocenters. The average molecular weight is 418 g/mol. The van der Waals surface area contributed by atoms with E-state index >= 15 is 0 Å². The van der Waals surface area contributed by atoms with Gasteiger partial charge in [0.05, 0.1) is 11.7 Å². The summed E-state index contributed by atoms with van der Waals surface area (Å²) in [4.78, 5) is 30.9. The second-order valence-electron chi connectivity index (χ2n) is 7.35. The van der Waals surface area contributed by atoms with Gasteiger partial charge in [-0.1, -0.05) is 43.3 Å². The molecule has 4 aromatic rings. The largest absolute Gasteiger partial charge is 0.324 e. The highest BCUT2D eigenvalue weighted by Crippen LogP contribution is 2.30. The Morgan fingerprint density at radius 3 is 2.63 bits per heavy atom.